The molecule has 3 heterocycles. The molecule has 2 aromatic carbocycles. The third-order valence-corrected chi connectivity index (χ3v) is 13.2. The summed E-state index contributed by atoms with van der Waals surface area (Å²) in [5.74, 6) is 1.80. The van der Waals surface area contributed by atoms with Gasteiger partial charge in [-0.1, -0.05) is 43.7 Å². The van der Waals surface area contributed by atoms with Gasteiger partial charge in [0, 0.05) is 74.2 Å². The molecule has 3 aliphatic heterocycles. The number of carbonyl (C=O) groups excluding carboxylic acids is 1. The van der Waals surface area contributed by atoms with Crippen LogP contribution in [0.1, 0.15) is 61.0 Å². The molecule has 6 unspecified atom stereocenters. The van der Waals surface area contributed by atoms with E-state index in [-0.39, 0.29) is 16.6 Å². The molecule has 1 saturated heterocycles. The number of hydrogen-bond acceptors (Lipinski definition) is 7. The Balaban J connectivity index is 1.27. The summed E-state index contributed by atoms with van der Waals surface area (Å²) in [7, 11) is 1.86. The zero-order valence-corrected chi connectivity index (χ0v) is 29.4. The van der Waals surface area contributed by atoms with Gasteiger partial charge in [0.15, 0.2) is 0 Å². The molecular formula is C37H48ClFN4O3S. The molecule has 2 fully saturated rings. The van der Waals surface area contributed by atoms with Gasteiger partial charge in [0.05, 0.1) is 12.3 Å². The van der Waals surface area contributed by atoms with Crippen LogP contribution < -0.4 is 14.4 Å². The van der Waals surface area contributed by atoms with E-state index in [1.807, 2.05) is 31.4 Å². The van der Waals surface area contributed by atoms with Crippen LogP contribution in [0, 0.1) is 17.8 Å². The number of halogens is 2. The molecule has 0 aromatic heterocycles. The van der Waals surface area contributed by atoms with Gasteiger partial charge in [-0.3, -0.25) is 14.4 Å². The lowest BCUT2D eigenvalue weighted by atomic mass is 9.63. The van der Waals surface area contributed by atoms with Crippen molar-refractivity contribution < 1.29 is 18.7 Å². The summed E-state index contributed by atoms with van der Waals surface area (Å²) in [5.41, 5.74) is 3.62. The standard InChI is InChI=1S/C37H48ClFN4O3S/c1-25-5-4-13-37(45-3,23-41-15-17-43(39)18-16-41)32-9-6-29(32)21-42-22-36(14-12-27-19-30(38)8-10-31(27)36)24-46-34-11-7-28(20-33(34)42)35(44)40-47-26(25)2/h4,7-8,10-11,13,19-20,25-26,29,32H,5-6,9,12,14-18,21-24H2,1-3H3,(H,40,44)/b13-4+. The van der Waals surface area contributed by atoms with Crippen molar-refractivity contribution in [3.63, 3.8) is 0 Å². The Morgan fingerprint density at radius 3 is 2.72 bits per heavy atom. The number of rotatable bonds is 3. The fourth-order valence-corrected chi connectivity index (χ4v) is 9.48. The fourth-order valence-electron chi connectivity index (χ4n) is 8.53. The lowest BCUT2D eigenvalue weighted by molar-refractivity contribution is -0.104. The molecule has 2 aromatic rings. The molecule has 7 nitrogen and oxygen atoms in total. The van der Waals surface area contributed by atoms with E-state index < -0.39 is 5.60 Å². The molecule has 0 radical (unpaired) electrons. The second-order valence-corrected chi connectivity index (χ2v) is 16.2. The van der Waals surface area contributed by atoms with Crippen LogP contribution >= 0.6 is 23.5 Å². The number of carbonyl (C=O) groups is 1. The Hall–Kier alpha value is -2.30. The molecule has 5 aliphatic rings. The highest BCUT2D eigenvalue weighted by atomic mass is 35.5. The zero-order valence-electron chi connectivity index (χ0n) is 27.9. The number of methoxy groups -OCH3 is 1. The summed E-state index contributed by atoms with van der Waals surface area (Å²) in [6, 6.07) is 12.2. The minimum absolute atomic E-state index is 0.0763. The number of nitrogens with one attached hydrogen (secondary N) is 1. The summed E-state index contributed by atoms with van der Waals surface area (Å²) in [6.45, 7) is 9.65. The van der Waals surface area contributed by atoms with Crippen molar-refractivity contribution >= 4 is 35.1 Å². The van der Waals surface area contributed by atoms with Crippen LogP contribution in [0.15, 0.2) is 48.6 Å². The number of aryl methyl sites for hydroxylation is 1. The molecule has 2 bridgehead atoms. The van der Waals surface area contributed by atoms with Gasteiger partial charge in [-0.25, -0.2) is 0 Å². The average molecular weight is 683 g/mol. The molecule has 10 heteroatoms. The van der Waals surface area contributed by atoms with Crippen LogP contribution in [0.5, 0.6) is 5.75 Å². The number of amides is 1. The third kappa shape index (κ3) is 6.55. The minimum Gasteiger partial charge on any atom is -0.490 e. The third-order valence-electron chi connectivity index (χ3n) is 11.8. The Kier molecular flexibility index (Phi) is 9.57. The van der Waals surface area contributed by atoms with Crippen molar-refractivity contribution in [3.05, 3.63) is 70.3 Å². The van der Waals surface area contributed by atoms with Crippen molar-refractivity contribution in [1.82, 2.24) is 14.7 Å². The van der Waals surface area contributed by atoms with Crippen LogP contribution in [0.3, 0.4) is 0 Å². The van der Waals surface area contributed by atoms with Gasteiger partial charge in [0.2, 0.25) is 0 Å². The summed E-state index contributed by atoms with van der Waals surface area (Å²) in [4.78, 5) is 18.4. The number of fused-ring (bicyclic) bond motifs is 4. The second-order valence-electron chi connectivity index (χ2n) is 14.6. The molecule has 254 valence electrons. The van der Waals surface area contributed by atoms with Crippen molar-refractivity contribution in [1.29, 1.82) is 0 Å². The van der Waals surface area contributed by atoms with E-state index in [9.17, 15) is 9.28 Å². The zero-order chi connectivity index (χ0) is 32.8. The van der Waals surface area contributed by atoms with E-state index in [1.54, 1.807) is 0 Å². The highest BCUT2D eigenvalue weighted by Crippen LogP contribution is 2.49. The number of hydrogen-bond donors (Lipinski definition) is 1. The first-order valence-electron chi connectivity index (χ1n) is 17.3. The van der Waals surface area contributed by atoms with Crippen molar-refractivity contribution in [2.75, 3.05) is 64.4 Å². The van der Waals surface area contributed by atoms with E-state index in [2.05, 4.69) is 52.7 Å². The van der Waals surface area contributed by atoms with Crippen LogP contribution in [-0.2, 0) is 16.6 Å². The van der Waals surface area contributed by atoms with Crippen LogP contribution in [0.25, 0.3) is 0 Å². The molecule has 1 spiro atoms. The molecular weight excluding hydrogens is 635 g/mol. The van der Waals surface area contributed by atoms with Gasteiger partial charge in [-0.05, 0) is 103 Å². The number of nitrogens with zero attached hydrogens (tertiary/aromatic N) is 3. The molecule has 2 aliphatic carbocycles. The van der Waals surface area contributed by atoms with Crippen molar-refractivity contribution in [3.8, 4) is 5.75 Å². The maximum atomic E-state index is 14.0. The van der Waals surface area contributed by atoms with Gasteiger partial charge in [-0.15, -0.1) is 9.60 Å². The van der Waals surface area contributed by atoms with E-state index >= 15 is 0 Å². The van der Waals surface area contributed by atoms with Crippen molar-refractivity contribution in [2.45, 2.75) is 62.2 Å². The first-order chi connectivity index (χ1) is 22.7. The Bertz CT molecular complexity index is 1500. The quantitative estimate of drug-likeness (QED) is 0.220. The van der Waals surface area contributed by atoms with Crippen LogP contribution in [0.4, 0.5) is 10.2 Å². The first-order valence-corrected chi connectivity index (χ1v) is 18.6. The summed E-state index contributed by atoms with van der Waals surface area (Å²) < 4.78 is 30.4. The van der Waals surface area contributed by atoms with Gasteiger partial charge < -0.3 is 14.4 Å². The number of benzene rings is 2. The maximum Gasteiger partial charge on any atom is 0.261 e. The predicted molar refractivity (Wildman–Crippen MR) is 188 cm³/mol. The van der Waals surface area contributed by atoms with Crippen LogP contribution in [-0.4, -0.2) is 86.3 Å². The van der Waals surface area contributed by atoms with E-state index in [0.29, 0.717) is 56.1 Å². The summed E-state index contributed by atoms with van der Waals surface area (Å²) in [6.07, 6.45) is 9.68. The highest BCUT2D eigenvalue weighted by molar-refractivity contribution is 7.98. The topological polar surface area (TPSA) is 57.3 Å². The number of anilines is 1. The number of allylic oxidation sites excluding steroid dienone is 1. The van der Waals surface area contributed by atoms with E-state index in [1.165, 1.54) is 23.1 Å². The van der Waals surface area contributed by atoms with Gasteiger partial charge in [-0.2, -0.15) is 0 Å². The van der Waals surface area contributed by atoms with E-state index in [4.69, 9.17) is 21.1 Å². The Morgan fingerprint density at radius 1 is 1.13 bits per heavy atom. The van der Waals surface area contributed by atoms with Gasteiger partial charge >= 0.3 is 0 Å². The Morgan fingerprint density at radius 2 is 1.96 bits per heavy atom. The normalized spacial score (nSPS) is 34.1. The van der Waals surface area contributed by atoms with Crippen molar-refractivity contribution in [2.24, 2.45) is 17.8 Å². The molecule has 47 heavy (non-hydrogen) atoms. The minimum atomic E-state index is -0.468. The second kappa shape index (κ2) is 13.5. The molecule has 6 atom stereocenters. The molecule has 1 saturated carbocycles. The summed E-state index contributed by atoms with van der Waals surface area (Å²) in [5, 5.41) is 1.92. The molecule has 7 rings (SSSR count). The highest BCUT2D eigenvalue weighted by Gasteiger charge is 2.50. The molecule has 1 amide bonds. The predicted octanol–water partition coefficient (Wildman–Crippen LogP) is 6.70. The van der Waals surface area contributed by atoms with Gasteiger partial charge in [0.1, 0.15) is 11.4 Å². The lowest BCUT2D eigenvalue weighted by Gasteiger charge is -2.52. The maximum absolute atomic E-state index is 14.0. The Labute approximate surface area is 288 Å². The monoisotopic (exact) mass is 682 g/mol. The van der Waals surface area contributed by atoms with Gasteiger partial charge in [0.25, 0.3) is 5.91 Å². The van der Waals surface area contributed by atoms with Crippen LogP contribution in [0.2, 0.25) is 5.02 Å². The smallest absolute Gasteiger partial charge is 0.261 e. The largest absolute Gasteiger partial charge is 0.490 e. The SMILES string of the molecule is COC1(CN2CCN(F)CC2)/C=C/CC(C)C(C)SNC(=O)c2ccc3c(c2)N(CC2CCC21)CC1(CCc2cc(Cl)ccc21)CO3. The fraction of sp³-hybridized carbons (Fsp3) is 0.595. The first kappa shape index (κ1) is 33.2. The van der Waals surface area contributed by atoms with E-state index in [0.717, 1.165) is 73.3 Å². The average Bonchev–Trinajstić information content (AvgIpc) is 3.32. The number of ether oxygens (including phenoxy) is 2. The molecule has 1 N–H and O–H groups in total. The summed E-state index contributed by atoms with van der Waals surface area (Å²) >= 11 is 7.93. The number of piperazine rings is 1. The lowest BCUT2D eigenvalue weighted by Crippen LogP contribution is -2.58.